The number of sulfone groups is 1. The molecule has 3 aromatic carbocycles. The molecule has 11 nitrogen and oxygen atoms in total. The number of fused-ring (bicyclic) bond motifs is 1. The number of aromatic nitrogens is 2. The third-order valence-corrected chi connectivity index (χ3v) is 8.69. The number of nitrogens with one attached hydrogen (secondary N) is 2. The number of carbonyl (C=O) groups is 1. The lowest BCUT2D eigenvalue weighted by Crippen LogP contribution is -2.32. The Kier molecular flexibility index (Phi) is 10.5. The van der Waals surface area contributed by atoms with Crippen molar-refractivity contribution in [3.63, 3.8) is 0 Å². The van der Waals surface area contributed by atoms with Crippen LogP contribution in [0, 0.1) is 11.6 Å². The number of halogens is 2. The Labute approximate surface area is 255 Å². The van der Waals surface area contributed by atoms with Gasteiger partial charge in [-0.1, -0.05) is 0 Å². The van der Waals surface area contributed by atoms with E-state index >= 15 is 0 Å². The SMILES string of the molecule is COCCN(COC)c1cc(N(C)CCN(C)C)ccc1C(=O)Nc1n[nH]c2ccc(S(=O)(=O)c3cc(F)cc(F)c3)cc12. The number of anilines is 3. The molecule has 0 aliphatic carbocycles. The van der Waals surface area contributed by atoms with Gasteiger partial charge in [-0.25, -0.2) is 17.2 Å². The van der Waals surface area contributed by atoms with E-state index < -0.39 is 32.3 Å². The highest BCUT2D eigenvalue weighted by Crippen LogP contribution is 2.31. The van der Waals surface area contributed by atoms with Gasteiger partial charge in [0.1, 0.15) is 18.4 Å². The quantitative estimate of drug-likeness (QED) is 0.199. The summed E-state index contributed by atoms with van der Waals surface area (Å²) in [6, 6.07) is 11.6. The predicted octanol–water partition coefficient (Wildman–Crippen LogP) is 3.98. The lowest BCUT2D eigenvalue weighted by atomic mass is 10.1. The van der Waals surface area contributed by atoms with E-state index in [1.54, 1.807) is 20.3 Å². The van der Waals surface area contributed by atoms with Crippen LogP contribution in [0.15, 0.2) is 64.4 Å². The zero-order valence-electron chi connectivity index (χ0n) is 25.2. The zero-order valence-corrected chi connectivity index (χ0v) is 26.0. The van der Waals surface area contributed by atoms with E-state index in [-0.39, 0.29) is 17.4 Å². The lowest BCUT2D eigenvalue weighted by Gasteiger charge is -2.28. The molecule has 236 valence electrons. The van der Waals surface area contributed by atoms with E-state index in [1.165, 1.54) is 18.2 Å². The van der Waals surface area contributed by atoms with Crippen LogP contribution in [0.4, 0.5) is 26.0 Å². The minimum atomic E-state index is -4.28. The summed E-state index contributed by atoms with van der Waals surface area (Å²) in [5.74, 6) is -2.44. The van der Waals surface area contributed by atoms with Gasteiger partial charge in [-0.15, -0.1) is 0 Å². The van der Waals surface area contributed by atoms with Gasteiger partial charge >= 0.3 is 0 Å². The van der Waals surface area contributed by atoms with E-state index in [9.17, 15) is 22.0 Å². The largest absolute Gasteiger partial charge is 0.383 e. The predicted molar refractivity (Wildman–Crippen MR) is 165 cm³/mol. The van der Waals surface area contributed by atoms with Crippen LogP contribution in [0.2, 0.25) is 0 Å². The number of benzene rings is 3. The maximum Gasteiger partial charge on any atom is 0.258 e. The van der Waals surface area contributed by atoms with Crippen molar-refractivity contribution in [2.45, 2.75) is 9.79 Å². The molecule has 0 saturated heterocycles. The second-order valence-electron chi connectivity index (χ2n) is 10.4. The van der Waals surface area contributed by atoms with Gasteiger partial charge in [0.05, 0.1) is 33.2 Å². The van der Waals surface area contributed by atoms with E-state index in [0.717, 1.165) is 30.9 Å². The van der Waals surface area contributed by atoms with Crippen LogP contribution < -0.4 is 15.1 Å². The number of amides is 1. The Hall–Kier alpha value is -4.11. The molecule has 1 aromatic heterocycles. The number of hydrogen-bond acceptors (Lipinski definition) is 9. The highest BCUT2D eigenvalue weighted by atomic mass is 32.2. The fourth-order valence-electron chi connectivity index (χ4n) is 4.55. The summed E-state index contributed by atoms with van der Waals surface area (Å²) in [5, 5.41) is 10.0. The molecule has 0 atom stereocenters. The number of aromatic amines is 1. The molecule has 0 fully saturated rings. The third-order valence-electron chi connectivity index (χ3n) is 6.96. The Morgan fingerprint density at radius 1 is 0.909 bits per heavy atom. The molecule has 0 aliphatic heterocycles. The van der Waals surface area contributed by atoms with Gasteiger partial charge in [0.2, 0.25) is 9.84 Å². The van der Waals surface area contributed by atoms with Gasteiger partial charge in [0.15, 0.2) is 5.82 Å². The van der Waals surface area contributed by atoms with E-state index in [2.05, 4.69) is 25.3 Å². The number of likely N-dealkylation sites (N-methyl/N-ethyl adjacent to an activating group) is 2. The number of nitrogens with zero attached hydrogens (tertiary/aromatic N) is 4. The average Bonchev–Trinajstić information content (AvgIpc) is 3.39. The molecule has 0 aliphatic rings. The summed E-state index contributed by atoms with van der Waals surface area (Å²) in [7, 11) is 4.83. The highest BCUT2D eigenvalue weighted by molar-refractivity contribution is 7.91. The molecule has 4 aromatic rings. The summed E-state index contributed by atoms with van der Waals surface area (Å²) in [6.45, 7) is 2.62. The number of carbonyl (C=O) groups excluding carboxylic acids is 1. The Bertz CT molecular complexity index is 1710. The Balaban J connectivity index is 1.70. The minimum Gasteiger partial charge on any atom is -0.383 e. The van der Waals surface area contributed by atoms with Crippen molar-refractivity contribution in [3.8, 4) is 0 Å². The molecule has 14 heteroatoms. The minimum absolute atomic E-state index is 0.0841. The lowest BCUT2D eigenvalue weighted by molar-refractivity contribution is 0.102. The van der Waals surface area contributed by atoms with Crippen molar-refractivity contribution < 1.29 is 31.5 Å². The second kappa shape index (κ2) is 14.1. The molecule has 0 saturated carbocycles. The molecule has 0 radical (unpaired) electrons. The zero-order chi connectivity index (χ0) is 32.0. The van der Waals surface area contributed by atoms with E-state index in [4.69, 9.17) is 9.47 Å². The first-order valence-corrected chi connectivity index (χ1v) is 15.2. The van der Waals surface area contributed by atoms with Gasteiger partial charge in [0, 0.05) is 58.0 Å². The molecule has 0 unspecified atom stereocenters. The summed E-state index contributed by atoms with van der Waals surface area (Å²) in [4.78, 5) is 19.0. The third kappa shape index (κ3) is 7.50. The van der Waals surface area contributed by atoms with Crippen molar-refractivity contribution in [1.82, 2.24) is 15.1 Å². The normalized spacial score (nSPS) is 11.7. The molecule has 0 spiro atoms. The number of ether oxygens (including phenoxy) is 2. The molecule has 0 bridgehead atoms. The smallest absolute Gasteiger partial charge is 0.258 e. The number of H-pyrrole nitrogens is 1. The summed E-state index contributed by atoms with van der Waals surface area (Å²) >= 11 is 0. The van der Waals surface area contributed by atoms with Crippen LogP contribution in [0.1, 0.15) is 10.4 Å². The van der Waals surface area contributed by atoms with E-state index in [1.807, 2.05) is 38.2 Å². The van der Waals surface area contributed by atoms with Crippen molar-refractivity contribution in [3.05, 3.63) is 71.8 Å². The Morgan fingerprint density at radius 2 is 1.64 bits per heavy atom. The van der Waals surface area contributed by atoms with Gasteiger partial charge in [-0.3, -0.25) is 9.89 Å². The first-order valence-electron chi connectivity index (χ1n) is 13.7. The van der Waals surface area contributed by atoms with Gasteiger partial charge in [0.25, 0.3) is 5.91 Å². The van der Waals surface area contributed by atoms with Gasteiger partial charge in [-0.2, -0.15) is 5.10 Å². The molecule has 44 heavy (non-hydrogen) atoms. The standard InChI is InChI=1S/C30H36F2N6O5S/c1-36(2)10-11-37(3)22-6-8-25(28(17-22)38(19-43-5)12-13-42-4)30(39)33-29-26-18-23(7-9-27(26)34-35-29)44(40,41)24-15-20(31)14-21(32)16-24/h6-9,14-18H,10-13,19H2,1-5H3,(H2,33,34,35,39). The molecular formula is C30H36F2N6O5S. The van der Waals surface area contributed by atoms with Crippen molar-refractivity contribution in [2.75, 3.05) is 83.5 Å². The first-order chi connectivity index (χ1) is 20.9. The molecule has 4 rings (SSSR count). The molecular weight excluding hydrogens is 594 g/mol. The van der Waals surface area contributed by atoms with Crippen LogP contribution in [0.3, 0.4) is 0 Å². The summed E-state index contributed by atoms with van der Waals surface area (Å²) < 4.78 is 64.7. The van der Waals surface area contributed by atoms with Crippen molar-refractivity contribution >= 4 is 43.8 Å². The fraction of sp³-hybridized carbons (Fsp3) is 0.333. The van der Waals surface area contributed by atoms with E-state index in [0.29, 0.717) is 41.4 Å². The fourth-order valence-corrected chi connectivity index (χ4v) is 5.88. The topological polar surface area (TPSA) is 120 Å². The van der Waals surface area contributed by atoms with Gasteiger partial charge in [-0.05, 0) is 62.6 Å². The number of rotatable bonds is 14. The number of methoxy groups -OCH3 is 2. The maximum absolute atomic E-state index is 13.8. The van der Waals surface area contributed by atoms with Crippen molar-refractivity contribution in [2.24, 2.45) is 0 Å². The summed E-state index contributed by atoms with van der Waals surface area (Å²) in [5.41, 5.74) is 2.28. The van der Waals surface area contributed by atoms with Crippen LogP contribution in [0.5, 0.6) is 0 Å². The maximum atomic E-state index is 13.8. The van der Waals surface area contributed by atoms with Crippen LogP contribution in [-0.4, -0.2) is 97.8 Å². The average molecular weight is 631 g/mol. The molecule has 1 amide bonds. The van der Waals surface area contributed by atoms with Crippen LogP contribution in [0.25, 0.3) is 10.9 Å². The first kappa shape index (κ1) is 32.8. The van der Waals surface area contributed by atoms with Gasteiger partial charge < -0.3 is 29.5 Å². The van der Waals surface area contributed by atoms with Crippen LogP contribution >= 0.6 is 0 Å². The monoisotopic (exact) mass is 630 g/mol. The second-order valence-corrected chi connectivity index (χ2v) is 12.4. The Morgan fingerprint density at radius 3 is 2.30 bits per heavy atom. The summed E-state index contributed by atoms with van der Waals surface area (Å²) in [6.07, 6.45) is 0. The number of hydrogen-bond donors (Lipinski definition) is 2. The molecule has 1 heterocycles. The van der Waals surface area contributed by atoms with Crippen LogP contribution in [-0.2, 0) is 19.3 Å². The van der Waals surface area contributed by atoms with Crippen molar-refractivity contribution in [1.29, 1.82) is 0 Å². The highest BCUT2D eigenvalue weighted by Gasteiger charge is 2.23. The molecule has 2 N–H and O–H groups in total.